The van der Waals surface area contributed by atoms with Crippen LogP contribution in [-0.2, 0) is 16.5 Å². The van der Waals surface area contributed by atoms with E-state index < -0.39 is 5.97 Å². The molecule has 0 amide bonds. The number of halogens is 2. The zero-order valence-corrected chi connectivity index (χ0v) is 14.1. The van der Waals surface area contributed by atoms with Crippen molar-refractivity contribution in [1.29, 1.82) is 0 Å². The Morgan fingerprint density at radius 2 is 1.91 bits per heavy atom. The largest absolute Gasteiger partial charge is 0.493 e. The van der Waals surface area contributed by atoms with E-state index in [2.05, 4.69) is 15.9 Å². The van der Waals surface area contributed by atoms with E-state index >= 15 is 0 Å². The van der Waals surface area contributed by atoms with Gasteiger partial charge in [-0.25, -0.2) is 0 Å². The molecule has 4 nitrogen and oxygen atoms in total. The van der Waals surface area contributed by atoms with E-state index in [9.17, 15) is 4.79 Å². The average molecular weight is 386 g/mol. The van der Waals surface area contributed by atoms with Crippen LogP contribution in [0, 0.1) is 0 Å². The van der Waals surface area contributed by atoms with E-state index in [4.69, 9.17) is 26.2 Å². The summed E-state index contributed by atoms with van der Waals surface area (Å²) in [5, 5.41) is 10.1. The Kier molecular flexibility index (Phi) is 5.69. The minimum Gasteiger partial charge on any atom is -0.493 e. The van der Waals surface area contributed by atoms with Gasteiger partial charge in [-0.3, -0.25) is 4.79 Å². The van der Waals surface area contributed by atoms with Crippen LogP contribution in [0.3, 0.4) is 0 Å². The van der Waals surface area contributed by atoms with E-state index in [-0.39, 0.29) is 6.42 Å². The van der Waals surface area contributed by atoms with Crippen LogP contribution in [0.2, 0.25) is 5.02 Å². The smallest absolute Gasteiger partial charge is 0.307 e. The van der Waals surface area contributed by atoms with Gasteiger partial charge in [-0.15, -0.1) is 0 Å². The van der Waals surface area contributed by atoms with Crippen LogP contribution in [0.4, 0.5) is 0 Å². The molecule has 2 aromatic carbocycles. The van der Waals surface area contributed by atoms with E-state index in [1.54, 1.807) is 36.4 Å². The minimum atomic E-state index is -0.899. The lowest BCUT2D eigenvalue weighted by Crippen LogP contribution is -2.01. The normalized spacial score (nSPS) is 10.3. The summed E-state index contributed by atoms with van der Waals surface area (Å²) in [5.74, 6) is 0.728. The fourth-order valence-electron chi connectivity index (χ4n) is 1.96. The van der Waals surface area contributed by atoms with Crippen molar-refractivity contribution in [2.75, 3.05) is 7.11 Å². The van der Waals surface area contributed by atoms with Gasteiger partial charge in [-0.2, -0.15) is 0 Å². The standard InChI is InChI=1S/C16H14BrClO4/c1-21-14-4-2-10(7-16(19)20)6-15(14)22-13-5-3-12(18)8-11(13)9-17/h2-6,8H,7,9H2,1H3,(H,19,20). The second-order valence-electron chi connectivity index (χ2n) is 4.54. The molecule has 0 aliphatic heterocycles. The van der Waals surface area contributed by atoms with Crippen molar-refractivity contribution in [3.8, 4) is 17.2 Å². The number of aliphatic carboxylic acids is 1. The first-order valence-corrected chi connectivity index (χ1v) is 7.94. The highest BCUT2D eigenvalue weighted by atomic mass is 79.9. The van der Waals surface area contributed by atoms with E-state index in [1.165, 1.54) is 7.11 Å². The summed E-state index contributed by atoms with van der Waals surface area (Å²) in [7, 11) is 1.53. The highest BCUT2D eigenvalue weighted by Gasteiger charge is 2.11. The molecule has 0 atom stereocenters. The molecule has 0 radical (unpaired) electrons. The second kappa shape index (κ2) is 7.51. The monoisotopic (exact) mass is 384 g/mol. The van der Waals surface area contributed by atoms with Gasteiger partial charge in [0, 0.05) is 15.9 Å². The molecular formula is C16H14BrClO4. The summed E-state index contributed by atoms with van der Waals surface area (Å²) < 4.78 is 11.2. The van der Waals surface area contributed by atoms with Crippen LogP contribution in [-0.4, -0.2) is 18.2 Å². The molecule has 1 N–H and O–H groups in total. The number of hydrogen-bond donors (Lipinski definition) is 1. The molecule has 0 bridgehead atoms. The molecule has 0 fully saturated rings. The Morgan fingerprint density at radius 1 is 1.18 bits per heavy atom. The number of benzene rings is 2. The molecule has 0 aromatic heterocycles. The summed E-state index contributed by atoms with van der Waals surface area (Å²) in [6, 6.07) is 10.4. The molecule has 116 valence electrons. The fraction of sp³-hybridized carbons (Fsp3) is 0.188. The van der Waals surface area contributed by atoms with Crippen LogP contribution in [0.1, 0.15) is 11.1 Å². The third-order valence-electron chi connectivity index (χ3n) is 2.97. The topological polar surface area (TPSA) is 55.8 Å². The van der Waals surface area contributed by atoms with Crippen LogP contribution in [0.5, 0.6) is 17.2 Å². The first-order valence-electron chi connectivity index (χ1n) is 6.44. The molecule has 0 saturated carbocycles. The van der Waals surface area contributed by atoms with E-state index in [1.807, 2.05) is 0 Å². The molecule has 2 rings (SSSR count). The molecule has 0 aliphatic rings. The zero-order chi connectivity index (χ0) is 16.1. The van der Waals surface area contributed by atoms with Crippen molar-refractivity contribution < 1.29 is 19.4 Å². The van der Waals surface area contributed by atoms with Gasteiger partial charge < -0.3 is 14.6 Å². The van der Waals surface area contributed by atoms with Crippen molar-refractivity contribution in [1.82, 2.24) is 0 Å². The van der Waals surface area contributed by atoms with E-state index in [0.29, 0.717) is 33.2 Å². The van der Waals surface area contributed by atoms with Gasteiger partial charge in [0.2, 0.25) is 0 Å². The van der Waals surface area contributed by atoms with Gasteiger partial charge in [-0.05, 0) is 35.9 Å². The third kappa shape index (κ3) is 4.15. The Bertz CT molecular complexity index is 688. The number of carboxylic acids is 1. The van der Waals surface area contributed by atoms with Crippen LogP contribution < -0.4 is 9.47 Å². The first-order chi connectivity index (χ1) is 10.5. The second-order valence-corrected chi connectivity index (χ2v) is 5.54. The molecule has 22 heavy (non-hydrogen) atoms. The van der Waals surface area contributed by atoms with Crippen molar-refractivity contribution in [3.63, 3.8) is 0 Å². The molecule has 0 aliphatic carbocycles. The van der Waals surface area contributed by atoms with Gasteiger partial charge in [-0.1, -0.05) is 33.6 Å². The first kappa shape index (κ1) is 16.6. The molecule has 0 unspecified atom stereocenters. The molecule has 0 saturated heterocycles. The Balaban J connectivity index is 2.36. The lowest BCUT2D eigenvalue weighted by Gasteiger charge is -2.14. The van der Waals surface area contributed by atoms with Crippen molar-refractivity contribution in [2.24, 2.45) is 0 Å². The van der Waals surface area contributed by atoms with Gasteiger partial charge in [0.15, 0.2) is 11.5 Å². The Labute approximate surface area is 141 Å². The highest BCUT2D eigenvalue weighted by molar-refractivity contribution is 9.08. The van der Waals surface area contributed by atoms with Crippen molar-refractivity contribution >= 4 is 33.5 Å². The predicted octanol–water partition coefficient (Wildman–Crippen LogP) is 4.66. The van der Waals surface area contributed by atoms with Gasteiger partial charge in [0.25, 0.3) is 0 Å². The maximum Gasteiger partial charge on any atom is 0.307 e. The lowest BCUT2D eigenvalue weighted by molar-refractivity contribution is -0.136. The van der Waals surface area contributed by atoms with Crippen molar-refractivity contribution in [2.45, 2.75) is 11.8 Å². The zero-order valence-electron chi connectivity index (χ0n) is 11.8. The molecule has 0 heterocycles. The van der Waals surface area contributed by atoms with Crippen molar-refractivity contribution in [3.05, 3.63) is 52.5 Å². The summed E-state index contributed by atoms with van der Waals surface area (Å²) >= 11 is 9.36. The molecule has 2 aromatic rings. The van der Waals surface area contributed by atoms with Crippen LogP contribution >= 0.6 is 27.5 Å². The fourth-order valence-corrected chi connectivity index (χ4v) is 2.59. The molecule has 6 heteroatoms. The maximum absolute atomic E-state index is 10.8. The summed E-state index contributed by atoms with van der Waals surface area (Å²) in [4.78, 5) is 10.8. The SMILES string of the molecule is COc1ccc(CC(=O)O)cc1Oc1ccc(Cl)cc1CBr. The number of alkyl halides is 1. The quantitative estimate of drug-likeness (QED) is 0.735. The molecule has 0 spiro atoms. The predicted molar refractivity (Wildman–Crippen MR) is 88.5 cm³/mol. The van der Waals surface area contributed by atoms with Gasteiger partial charge in [0.05, 0.1) is 13.5 Å². The third-order valence-corrected chi connectivity index (χ3v) is 3.81. The number of rotatable bonds is 6. The molecular weight excluding hydrogens is 372 g/mol. The summed E-state index contributed by atoms with van der Waals surface area (Å²) in [6.07, 6.45) is -0.0771. The van der Waals surface area contributed by atoms with Crippen LogP contribution in [0.25, 0.3) is 0 Å². The number of methoxy groups -OCH3 is 1. The number of carbonyl (C=O) groups is 1. The van der Waals surface area contributed by atoms with E-state index in [0.717, 1.165) is 5.56 Å². The van der Waals surface area contributed by atoms with Crippen LogP contribution in [0.15, 0.2) is 36.4 Å². The van der Waals surface area contributed by atoms with Gasteiger partial charge >= 0.3 is 5.97 Å². The highest BCUT2D eigenvalue weighted by Crippen LogP contribution is 2.35. The Hall–Kier alpha value is -1.72. The number of ether oxygens (including phenoxy) is 2. The summed E-state index contributed by atoms with van der Waals surface area (Å²) in [5.41, 5.74) is 1.52. The number of carboxylic acid groups (broad SMARTS) is 1. The Morgan fingerprint density at radius 3 is 2.55 bits per heavy atom. The van der Waals surface area contributed by atoms with Gasteiger partial charge in [0.1, 0.15) is 5.75 Å². The number of hydrogen-bond acceptors (Lipinski definition) is 3. The minimum absolute atomic E-state index is 0.0771. The summed E-state index contributed by atoms with van der Waals surface area (Å²) in [6.45, 7) is 0. The lowest BCUT2D eigenvalue weighted by atomic mass is 10.1. The maximum atomic E-state index is 10.8. The average Bonchev–Trinajstić information content (AvgIpc) is 2.48.